The minimum atomic E-state index is 0.724. The van der Waals surface area contributed by atoms with Crippen molar-refractivity contribution in [2.24, 2.45) is 4.99 Å². The maximum atomic E-state index is 5.72. The molecule has 5 nitrogen and oxygen atoms in total. The topological polar surface area (TPSA) is 58.5 Å². The van der Waals surface area contributed by atoms with Crippen LogP contribution in [-0.2, 0) is 19.4 Å². The zero-order chi connectivity index (χ0) is 20.6. The molecular formula is C25H28N4O. The van der Waals surface area contributed by atoms with Crippen molar-refractivity contribution in [2.75, 3.05) is 20.2 Å². The maximum Gasteiger partial charge on any atom is 0.191 e. The molecule has 0 radical (unpaired) electrons. The van der Waals surface area contributed by atoms with Gasteiger partial charge < -0.3 is 15.4 Å². The van der Waals surface area contributed by atoms with E-state index >= 15 is 0 Å². The van der Waals surface area contributed by atoms with E-state index in [2.05, 4.69) is 63.1 Å². The summed E-state index contributed by atoms with van der Waals surface area (Å²) >= 11 is 0. The Labute approximate surface area is 178 Å². The van der Waals surface area contributed by atoms with Crippen LogP contribution in [0.3, 0.4) is 0 Å². The Hall–Kier alpha value is -3.34. The number of pyridine rings is 1. The van der Waals surface area contributed by atoms with E-state index in [0.29, 0.717) is 0 Å². The van der Waals surface area contributed by atoms with Crippen molar-refractivity contribution in [2.45, 2.75) is 25.8 Å². The zero-order valence-electron chi connectivity index (χ0n) is 17.4. The van der Waals surface area contributed by atoms with Crippen LogP contribution in [0.15, 0.2) is 71.9 Å². The van der Waals surface area contributed by atoms with Crippen molar-refractivity contribution < 1.29 is 4.74 Å². The van der Waals surface area contributed by atoms with Gasteiger partial charge in [-0.05, 0) is 59.4 Å². The van der Waals surface area contributed by atoms with Crippen LogP contribution >= 0.6 is 0 Å². The predicted octanol–water partition coefficient (Wildman–Crippen LogP) is 3.98. The molecule has 1 aromatic heterocycles. The monoisotopic (exact) mass is 400 g/mol. The zero-order valence-corrected chi connectivity index (χ0v) is 17.4. The summed E-state index contributed by atoms with van der Waals surface area (Å²) in [7, 11) is 1.79. The van der Waals surface area contributed by atoms with E-state index < -0.39 is 0 Å². The minimum Gasteiger partial charge on any atom is -0.493 e. The normalized spacial score (nSPS) is 13.3. The maximum absolute atomic E-state index is 5.72. The van der Waals surface area contributed by atoms with Gasteiger partial charge in [0.25, 0.3) is 0 Å². The molecule has 0 atom stereocenters. The van der Waals surface area contributed by atoms with Crippen molar-refractivity contribution in [1.82, 2.24) is 15.6 Å². The summed E-state index contributed by atoms with van der Waals surface area (Å²) in [5.74, 6) is 1.83. The molecule has 0 saturated heterocycles. The first-order valence-electron chi connectivity index (χ1n) is 10.5. The van der Waals surface area contributed by atoms with Crippen molar-refractivity contribution in [1.29, 1.82) is 0 Å². The van der Waals surface area contributed by atoms with Crippen LogP contribution < -0.4 is 15.4 Å². The first kappa shape index (κ1) is 20.0. The van der Waals surface area contributed by atoms with Gasteiger partial charge in [0, 0.05) is 38.4 Å². The SMILES string of the molecule is CN=C(NCCc1ccccn1)NCc1ccc(-c2ccc3c(c2)CCCO3)cc1. The molecule has 2 aromatic carbocycles. The second-order valence-corrected chi connectivity index (χ2v) is 7.40. The van der Waals surface area contributed by atoms with Crippen LogP contribution in [0.4, 0.5) is 0 Å². The largest absolute Gasteiger partial charge is 0.493 e. The smallest absolute Gasteiger partial charge is 0.191 e. The van der Waals surface area contributed by atoms with Gasteiger partial charge in [0.1, 0.15) is 5.75 Å². The van der Waals surface area contributed by atoms with Gasteiger partial charge in [0.05, 0.1) is 6.61 Å². The van der Waals surface area contributed by atoms with Gasteiger partial charge in [0.15, 0.2) is 5.96 Å². The third kappa shape index (κ3) is 5.17. The molecule has 3 aromatic rings. The quantitative estimate of drug-likeness (QED) is 0.485. The van der Waals surface area contributed by atoms with E-state index in [4.69, 9.17) is 4.74 Å². The highest BCUT2D eigenvalue weighted by molar-refractivity contribution is 5.79. The average Bonchev–Trinajstić information content (AvgIpc) is 2.82. The lowest BCUT2D eigenvalue weighted by molar-refractivity contribution is 0.288. The van der Waals surface area contributed by atoms with E-state index in [1.165, 1.54) is 22.3 Å². The Balaban J connectivity index is 1.29. The number of rotatable bonds is 6. The summed E-state index contributed by atoms with van der Waals surface area (Å²) in [5, 5.41) is 6.72. The Morgan fingerprint density at radius 1 is 1.03 bits per heavy atom. The molecular weight excluding hydrogens is 372 g/mol. The summed E-state index contributed by atoms with van der Waals surface area (Å²) in [5.41, 5.74) is 6.07. The predicted molar refractivity (Wildman–Crippen MR) is 122 cm³/mol. The summed E-state index contributed by atoms with van der Waals surface area (Å²) in [6.07, 6.45) is 4.88. The van der Waals surface area contributed by atoms with Gasteiger partial charge in [-0.15, -0.1) is 0 Å². The number of ether oxygens (including phenoxy) is 1. The lowest BCUT2D eigenvalue weighted by atomic mass is 9.98. The van der Waals surface area contributed by atoms with E-state index in [-0.39, 0.29) is 0 Å². The molecule has 1 aliphatic rings. The number of benzene rings is 2. The Bertz CT molecular complexity index is 984. The molecule has 2 heterocycles. The van der Waals surface area contributed by atoms with Gasteiger partial charge in [-0.1, -0.05) is 36.4 Å². The lowest BCUT2D eigenvalue weighted by Crippen LogP contribution is -2.37. The van der Waals surface area contributed by atoms with Crippen LogP contribution in [0.25, 0.3) is 11.1 Å². The van der Waals surface area contributed by atoms with Gasteiger partial charge in [0.2, 0.25) is 0 Å². The molecule has 0 spiro atoms. The number of fused-ring (bicyclic) bond motifs is 1. The van der Waals surface area contributed by atoms with Crippen LogP contribution in [0.1, 0.15) is 23.2 Å². The third-order valence-corrected chi connectivity index (χ3v) is 5.28. The summed E-state index contributed by atoms with van der Waals surface area (Å²) < 4.78 is 5.72. The molecule has 2 N–H and O–H groups in total. The Morgan fingerprint density at radius 2 is 1.90 bits per heavy atom. The van der Waals surface area contributed by atoms with Crippen LogP contribution in [0.2, 0.25) is 0 Å². The lowest BCUT2D eigenvalue weighted by Gasteiger charge is -2.18. The first-order chi connectivity index (χ1) is 14.8. The number of nitrogens with zero attached hydrogens (tertiary/aromatic N) is 2. The Morgan fingerprint density at radius 3 is 2.70 bits per heavy atom. The van der Waals surface area contributed by atoms with Gasteiger partial charge in [-0.2, -0.15) is 0 Å². The van der Waals surface area contributed by atoms with Crippen LogP contribution in [0, 0.1) is 0 Å². The molecule has 30 heavy (non-hydrogen) atoms. The fourth-order valence-electron chi connectivity index (χ4n) is 3.62. The van der Waals surface area contributed by atoms with Crippen LogP contribution in [-0.4, -0.2) is 31.1 Å². The van der Waals surface area contributed by atoms with Crippen molar-refractivity contribution in [3.63, 3.8) is 0 Å². The third-order valence-electron chi connectivity index (χ3n) is 5.28. The summed E-state index contributed by atoms with van der Waals surface area (Å²) in [4.78, 5) is 8.65. The molecule has 0 aliphatic carbocycles. The van der Waals surface area contributed by atoms with Crippen molar-refractivity contribution in [3.8, 4) is 16.9 Å². The standard InChI is InChI=1S/C25H28N4O/c1-26-25(28-15-13-23-6-2-3-14-27-23)29-18-19-7-9-20(10-8-19)21-11-12-24-22(17-21)5-4-16-30-24/h2-3,6-12,14,17H,4-5,13,15-16,18H2,1H3,(H2,26,28,29). The highest BCUT2D eigenvalue weighted by Gasteiger charge is 2.11. The molecule has 4 rings (SSSR count). The minimum absolute atomic E-state index is 0.724. The highest BCUT2D eigenvalue weighted by Crippen LogP contribution is 2.30. The van der Waals surface area contributed by atoms with Gasteiger partial charge in [-0.25, -0.2) is 0 Å². The number of guanidine groups is 1. The molecule has 0 amide bonds. The second-order valence-electron chi connectivity index (χ2n) is 7.40. The van der Waals surface area contributed by atoms with E-state index in [1.807, 2.05) is 24.4 Å². The fraction of sp³-hybridized carbons (Fsp3) is 0.280. The molecule has 1 aliphatic heterocycles. The van der Waals surface area contributed by atoms with Gasteiger partial charge >= 0.3 is 0 Å². The average molecular weight is 401 g/mol. The van der Waals surface area contributed by atoms with Crippen LogP contribution in [0.5, 0.6) is 5.75 Å². The summed E-state index contributed by atoms with van der Waals surface area (Å²) in [6.45, 7) is 2.34. The van der Waals surface area contributed by atoms with Crippen molar-refractivity contribution in [3.05, 3.63) is 83.7 Å². The number of hydrogen-bond donors (Lipinski definition) is 2. The molecule has 5 heteroatoms. The van der Waals surface area contributed by atoms with E-state index in [1.54, 1.807) is 7.05 Å². The number of hydrogen-bond acceptors (Lipinski definition) is 3. The van der Waals surface area contributed by atoms with E-state index in [9.17, 15) is 0 Å². The van der Waals surface area contributed by atoms with Gasteiger partial charge in [-0.3, -0.25) is 9.98 Å². The molecule has 0 unspecified atom stereocenters. The Kier molecular flexibility index (Phi) is 6.60. The molecule has 0 bridgehead atoms. The summed E-state index contributed by atoms with van der Waals surface area (Å²) in [6, 6.07) is 21.2. The number of nitrogens with one attached hydrogen (secondary N) is 2. The number of aromatic nitrogens is 1. The van der Waals surface area contributed by atoms with E-state index in [0.717, 1.165) is 56.4 Å². The number of aryl methyl sites for hydroxylation is 1. The second kappa shape index (κ2) is 9.92. The van der Waals surface area contributed by atoms with Crippen molar-refractivity contribution >= 4 is 5.96 Å². The first-order valence-corrected chi connectivity index (χ1v) is 10.5. The molecule has 0 fully saturated rings. The highest BCUT2D eigenvalue weighted by atomic mass is 16.5. The fourth-order valence-corrected chi connectivity index (χ4v) is 3.62. The molecule has 154 valence electrons. The molecule has 0 saturated carbocycles. The number of aliphatic imine (C=N–C) groups is 1.